The minimum Gasteiger partial charge on any atom is -0.267 e. The average Bonchev–Trinajstić information content (AvgIpc) is 2.98. The smallest absolute Gasteiger partial charge is 0.267 e. The fourth-order valence-corrected chi connectivity index (χ4v) is 2.87. The lowest BCUT2D eigenvalue weighted by atomic mass is 10.2. The Kier molecular flexibility index (Phi) is 5.57. The highest BCUT2D eigenvalue weighted by atomic mass is 79.9. The molecule has 0 spiro atoms. The van der Waals surface area contributed by atoms with Crippen molar-refractivity contribution in [2.24, 2.45) is 0 Å². The van der Waals surface area contributed by atoms with Gasteiger partial charge < -0.3 is 0 Å². The van der Waals surface area contributed by atoms with Crippen molar-refractivity contribution in [2.45, 2.75) is 13.8 Å². The summed E-state index contributed by atoms with van der Waals surface area (Å²) in [5.74, 6) is -0.634. The van der Waals surface area contributed by atoms with Crippen LogP contribution in [-0.2, 0) is 0 Å². The molecule has 138 valence electrons. The van der Waals surface area contributed by atoms with Gasteiger partial charge in [0.1, 0.15) is 0 Å². The van der Waals surface area contributed by atoms with Crippen LogP contribution in [0.1, 0.15) is 32.2 Å². The minimum absolute atomic E-state index is 0.0159. The standard InChI is InChI=1S/C18H15BrClN5O2/c1-10-9-11(2)25(24-10)15-8-7-14(20)16(21-15)18(27)23-22-17(26)12-3-5-13(19)6-4-12/h3-9H,1-2H3,(H,22,26)(H,23,27). The molecule has 2 aromatic heterocycles. The van der Waals surface area contributed by atoms with Crippen molar-refractivity contribution in [2.75, 3.05) is 0 Å². The van der Waals surface area contributed by atoms with E-state index < -0.39 is 11.8 Å². The molecule has 0 aliphatic rings. The summed E-state index contributed by atoms with van der Waals surface area (Å²) in [6.45, 7) is 3.75. The molecule has 0 bridgehead atoms. The number of aryl methyl sites for hydroxylation is 2. The number of hydrazine groups is 1. The van der Waals surface area contributed by atoms with Gasteiger partial charge in [0.2, 0.25) is 0 Å². The van der Waals surface area contributed by atoms with Crippen molar-refractivity contribution in [3.8, 4) is 5.82 Å². The van der Waals surface area contributed by atoms with Crippen LogP contribution >= 0.6 is 27.5 Å². The molecule has 0 aliphatic heterocycles. The average molecular weight is 449 g/mol. The Balaban J connectivity index is 1.76. The fourth-order valence-electron chi connectivity index (χ4n) is 2.42. The van der Waals surface area contributed by atoms with Gasteiger partial charge >= 0.3 is 0 Å². The van der Waals surface area contributed by atoms with E-state index in [-0.39, 0.29) is 10.7 Å². The molecule has 2 N–H and O–H groups in total. The van der Waals surface area contributed by atoms with Crippen LogP contribution in [0.15, 0.2) is 46.9 Å². The Morgan fingerprint density at radius 3 is 2.33 bits per heavy atom. The SMILES string of the molecule is Cc1cc(C)n(-c2ccc(Cl)c(C(=O)NNC(=O)c3ccc(Br)cc3)n2)n1. The molecule has 0 saturated carbocycles. The van der Waals surface area contributed by atoms with E-state index in [1.807, 2.05) is 19.9 Å². The number of hydrogen-bond acceptors (Lipinski definition) is 4. The van der Waals surface area contributed by atoms with E-state index in [2.05, 4.69) is 36.9 Å². The maximum atomic E-state index is 12.4. The molecule has 2 amide bonds. The topological polar surface area (TPSA) is 88.9 Å². The van der Waals surface area contributed by atoms with Crippen molar-refractivity contribution in [1.82, 2.24) is 25.6 Å². The second-order valence-corrected chi connectivity index (χ2v) is 7.08. The lowest BCUT2D eigenvalue weighted by molar-refractivity contribution is 0.0844. The van der Waals surface area contributed by atoms with Gasteiger partial charge in [0, 0.05) is 15.7 Å². The third-order valence-corrected chi connectivity index (χ3v) is 4.50. The van der Waals surface area contributed by atoms with Crippen LogP contribution < -0.4 is 10.9 Å². The summed E-state index contributed by atoms with van der Waals surface area (Å²) < 4.78 is 2.46. The summed E-state index contributed by atoms with van der Waals surface area (Å²) in [5.41, 5.74) is 6.75. The number of benzene rings is 1. The highest BCUT2D eigenvalue weighted by molar-refractivity contribution is 9.10. The number of nitrogens with one attached hydrogen (secondary N) is 2. The molecule has 9 heteroatoms. The number of carbonyl (C=O) groups is 2. The van der Waals surface area contributed by atoms with Gasteiger partial charge in [-0.15, -0.1) is 0 Å². The van der Waals surface area contributed by atoms with E-state index in [0.717, 1.165) is 15.9 Å². The quantitative estimate of drug-likeness (QED) is 0.601. The first-order valence-corrected chi connectivity index (χ1v) is 9.08. The van der Waals surface area contributed by atoms with E-state index in [9.17, 15) is 9.59 Å². The molecule has 1 aromatic carbocycles. The van der Waals surface area contributed by atoms with Gasteiger partial charge in [-0.05, 0) is 56.3 Å². The van der Waals surface area contributed by atoms with Gasteiger partial charge in [0.25, 0.3) is 11.8 Å². The number of hydrogen-bond donors (Lipinski definition) is 2. The molecule has 0 aliphatic carbocycles. The van der Waals surface area contributed by atoms with Crippen molar-refractivity contribution in [3.05, 3.63) is 74.6 Å². The first-order valence-electron chi connectivity index (χ1n) is 7.91. The molecule has 3 rings (SSSR count). The van der Waals surface area contributed by atoms with Crippen molar-refractivity contribution in [3.63, 3.8) is 0 Å². The molecule has 0 fully saturated rings. The van der Waals surface area contributed by atoms with Crippen LogP contribution in [0.4, 0.5) is 0 Å². The summed E-state index contributed by atoms with van der Waals surface area (Å²) in [5, 5.41) is 4.50. The van der Waals surface area contributed by atoms with Gasteiger partial charge in [-0.25, -0.2) is 9.67 Å². The lowest BCUT2D eigenvalue weighted by Crippen LogP contribution is -2.42. The predicted octanol–water partition coefficient (Wildman–Crippen LogP) is 3.37. The van der Waals surface area contributed by atoms with Crippen molar-refractivity contribution >= 4 is 39.3 Å². The predicted molar refractivity (Wildman–Crippen MR) is 105 cm³/mol. The molecule has 7 nitrogen and oxygen atoms in total. The molecule has 0 saturated heterocycles. The van der Waals surface area contributed by atoms with Gasteiger partial charge in [-0.2, -0.15) is 5.10 Å². The highest BCUT2D eigenvalue weighted by Crippen LogP contribution is 2.17. The number of carbonyl (C=O) groups excluding carboxylic acids is 2. The molecule has 0 atom stereocenters. The number of rotatable bonds is 3. The van der Waals surface area contributed by atoms with Crippen LogP contribution in [0.3, 0.4) is 0 Å². The summed E-state index contributed by atoms with van der Waals surface area (Å²) in [7, 11) is 0. The van der Waals surface area contributed by atoms with E-state index in [0.29, 0.717) is 11.4 Å². The Hall–Kier alpha value is -2.71. The van der Waals surface area contributed by atoms with Crippen LogP contribution in [-0.4, -0.2) is 26.6 Å². The number of amides is 2. The third-order valence-electron chi connectivity index (χ3n) is 3.67. The van der Waals surface area contributed by atoms with Crippen LogP contribution in [0, 0.1) is 13.8 Å². The van der Waals surface area contributed by atoms with Crippen LogP contribution in [0.5, 0.6) is 0 Å². The van der Waals surface area contributed by atoms with E-state index in [4.69, 9.17) is 11.6 Å². The zero-order chi connectivity index (χ0) is 19.6. The first-order chi connectivity index (χ1) is 12.8. The Morgan fingerprint density at radius 2 is 1.70 bits per heavy atom. The fraction of sp³-hybridized carbons (Fsp3) is 0.111. The highest BCUT2D eigenvalue weighted by Gasteiger charge is 2.16. The molecule has 2 heterocycles. The van der Waals surface area contributed by atoms with E-state index in [1.165, 1.54) is 0 Å². The van der Waals surface area contributed by atoms with E-state index in [1.54, 1.807) is 41.1 Å². The van der Waals surface area contributed by atoms with Gasteiger partial charge in [0.05, 0.1) is 10.7 Å². The number of nitrogens with zero attached hydrogens (tertiary/aromatic N) is 3. The summed E-state index contributed by atoms with van der Waals surface area (Å²) in [6.07, 6.45) is 0. The van der Waals surface area contributed by atoms with E-state index >= 15 is 0 Å². The molecular weight excluding hydrogens is 434 g/mol. The van der Waals surface area contributed by atoms with Crippen molar-refractivity contribution in [1.29, 1.82) is 0 Å². The Labute approximate surface area is 168 Å². The minimum atomic E-state index is -0.631. The van der Waals surface area contributed by atoms with Gasteiger partial charge in [-0.3, -0.25) is 20.4 Å². The first kappa shape index (κ1) is 19.1. The molecule has 27 heavy (non-hydrogen) atoms. The Morgan fingerprint density at radius 1 is 1.04 bits per heavy atom. The second kappa shape index (κ2) is 7.89. The summed E-state index contributed by atoms with van der Waals surface area (Å²) >= 11 is 9.40. The third kappa shape index (κ3) is 4.35. The largest absolute Gasteiger partial charge is 0.289 e. The van der Waals surface area contributed by atoms with Crippen LogP contribution in [0.2, 0.25) is 5.02 Å². The number of pyridine rings is 1. The number of halogens is 2. The molecule has 0 unspecified atom stereocenters. The summed E-state index contributed by atoms with van der Waals surface area (Å²) in [6, 6.07) is 11.8. The zero-order valence-corrected chi connectivity index (χ0v) is 16.8. The summed E-state index contributed by atoms with van der Waals surface area (Å²) in [4.78, 5) is 28.8. The molecular formula is C18H15BrClN5O2. The maximum Gasteiger partial charge on any atom is 0.289 e. The molecule has 3 aromatic rings. The molecule has 0 radical (unpaired) electrons. The monoisotopic (exact) mass is 447 g/mol. The van der Waals surface area contributed by atoms with Gasteiger partial charge in [-0.1, -0.05) is 27.5 Å². The normalized spacial score (nSPS) is 10.5. The second-order valence-electron chi connectivity index (χ2n) is 5.75. The maximum absolute atomic E-state index is 12.4. The van der Waals surface area contributed by atoms with Gasteiger partial charge in [0.15, 0.2) is 11.5 Å². The Bertz CT molecular complexity index is 1020. The lowest BCUT2D eigenvalue weighted by Gasteiger charge is -2.10. The number of aromatic nitrogens is 3. The zero-order valence-electron chi connectivity index (χ0n) is 14.5. The van der Waals surface area contributed by atoms with Crippen molar-refractivity contribution < 1.29 is 9.59 Å². The van der Waals surface area contributed by atoms with Crippen LogP contribution in [0.25, 0.3) is 5.82 Å².